The van der Waals surface area contributed by atoms with Gasteiger partial charge in [0.2, 0.25) is 5.91 Å². The Bertz CT molecular complexity index is 1250. The highest BCUT2D eigenvalue weighted by Gasteiger charge is 2.35. The number of nitrogens with one attached hydrogen (secondary N) is 1. The first-order valence-electron chi connectivity index (χ1n) is 9.93. The van der Waals surface area contributed by atoms with Crippen LogP contribution < -0.4 is 9.62 Å². The fourth-order valence-electron chi connectivity index (χ4n) is 3.76. The van der Waals surface area contributed by atoms with E-state index in [9.17, 15) is 13.2 Å². The van der Waals surface area contributed by atoms with Gasteiger partial charge in [-0.25, -0.2) is 8.42 Å². The fraction of sp³-hybridized carbons (Fsp3) is 0.208. The zero-order valence-corrected chi connectivity index (χ0v) is 18.1. The van der Waals surface area contributed by atoms with Crippen LogP contribution in [0.25, 0.3) is 11.1 Å². The summed E-state index contributed by atoms with van der Waals surface area (Å²) in [4.78, 5) is 13.1. The van der Waals surface area contributed by atoms with Crippen molar-refractivity contribution < 1.29 is 13.2 Å². The van der Waals surface area contributed by atoms with Gasteiger partial charge in [0, 0.05) is 16.8 Å². The average Bonchev–Trinajstić information content (AvgIpc) is 2.73. The summed E-state index contributed by atoms with van der Waals surface area (Å²) in [5.41, 5.74) is 5.79. The van der Waals surface area contributed by atoms with E-state index in [-0.39, 0.29) is 17.3 Å². The molecule has 0 bridgehead atoms. The van der Waals surface area contributed by atoms with Gasteiger partial charge in [0.1, 0.15) is 6.54 Å². The van der Waals surface area contributed by atoms with Crippen LogP contribution in [0.2, 0.25) is 0 Å². The molecule has 0 unspecified atom stereocenters. The maximum Gasteiger partial charge on any atom is 0.265 e. The van der Waals surface area contributed by atoms with Gasteiger partial charge in [0.05, 0.1) is 10.6 Å². The maximum absolute atomic E-state index is 13.4. The number of fused-ring (bicyclic) bond motifs is 3. The van der Waals surface area contributed by atoms with Crippen molar-refractivity contribution >= 4 is 27.3 Å². The molecule has 3 aromatic rings. The quantitative estimate of drug-likeness (QED) is 0.666. The number of nitrogens with zero attached hydrogens (tertiary/aromatic N) is 1. The third kappa shape index (κ3) is 3.48. The van der Waals surface area contributed by atoms with Crippen LogP contribution >= 0.6 is 0 Å². The molecule has 6 heteroatoms. The summed E-state index contributed by atoms with van der Waals surface area (Å²) in [6, 6.07) is 18.5. The van der Waals surface area contributed by atoms with Crippen LogP contribution in [0.3, 0.4) is 0 Å². The Balaban J connectivity index is 1.75. The van der Waals surface area contributed by atoms with Gasteiger partial charge in [-0.3, -0.25) is 9.10 Å². The number of carbonyl (C=O) groups is 1. The molecule has 4 rings (SSSR count). The number of sulfonamides is 1. The van der Waals surface area contributed by atoms with Gasteiger partial charge in [-0.15, -0.1) is 0 Å². The number of anilines is 2. The fourth-order valence-corrected chi connectivity index (χ4v) is 5.41. The first-order valence-corrected chi connectivity index (χ1v) is 11.4. The molecule has 0 saturated heterocycles. The summed E-state index contributed by atoms with van der Waals surface area (Å²) in [5.74, 6) is -0.378. The standard InChI is InChI=1S/C24H24N2O3S/c1-4-18-11-12-22-20(14-18)19-7-5-6-8-23(19)30(28,29)26(22)15-24(27)25-21-13-16(2)9-10-17(21)3/h5-14H,4,15H2,1-3H3,(H,25,27). The molecule has 1 aliphatic heterocycles. The van der Waals surface area contributed by atoms with Crippen molar-refractivity contribution in [1.82, 2.24) is 0 Å². The minimum absolute atomic E-state index is 0.227. The number of rotatable bonds is 4. The third-order valence-electron chi connectivity index (χ3n) is 5.44. The zero-order valence-electron chi connectivity index (χ0n) is 17.3. The van der Waals surface area contributed by atoms with E-state index in [0.717, 1.165) is 28.7 Å². The van der Waals surface area contributed by atoms with Crippen LogP contribution in [0.5, 0.6) is 0 Å². The Morgan fingerprint density at radius 2 is 1.73 bits per heavy atom. The highest BCUT2D eigenvalue weighted by atomic mass is 32.2. The van der Waals surface area contributed by atoms with Gasteiger partial charge in [-0.05, 0) is 61.2 Å². The molecule has 154 valence electrons. The Kier molecular flexibility index (Phi) is 5.12. The largest absolute Gasteiger partial charge is 0.324 e. The van der Waals surface area contributed by atoms with Gasteiger partial charge >= 0.3 is 0 Å². The van der Waals surface area contributed by atoms with Crippen LogP contribution in [-0.2, 0) is 21.2 Å². The highest BCUT2D eigenvalue weighted by molar-refractivity contribution is 7.93. The summed E-state index contributed by atoms with van der Waals surface area (Å²) in [5, 5.41) is 2.87. The van der Waals surface area contributed by atoms with E-state index in [2.05, 4.69) is 12.2 Å². The molecule has 1 amide bonds. The van der Waals surface area contributed by atoms with E-state index in [1.807, 2.05) is 56.3 Å². The molecule has 0 fully saturated rings. The first-order chi connectivity index (χ1) is 14.3. The Labute approximate surface area is 177 Å². The minimum Gasteiger partial charge on any atom is -0.324 e. The van der Waals surface area contributed by atoms with Gasteiger partial charge in [-0.1, -0.05) is 43.3 Å². The maximum atomic E-state index is 13.4. The highest BCUT2D eigenvalue weighted by Crippen LogP contribution is 2.43. The van der Waals surface area contributed by atoms with Gasteiger partial charge in [0.15, 0.2) is 0 Å². The SMILES string of the molecule is CCc1ccc2c(c1)-c1ccccc1S(=O)(=O)N2CC(=O)Nc1cc(C)ccc1C. The van der Waals surface area contributed by atoms with Gasteiger partial charge in [-0.2, -0.15) is 0 Å². The molecule has 0 radical (unpaired) electrons. The second-order valence-electron chi connectivity index (χ2n) is 7.58. The molecule has 0 aromatic heterocycles. The van der Waals surface area contributed by atoms with E-state index >= 15 is 0 Å². The number of hydrogen-bond donors (Lipinski definition) is 1. The number of hydrogen-bond acceptors (Lipinski definition) is 3. The zero-order chi connectivity index (χ0) is 21.5. The molecule has 0 atom stereocenters. The average molecular weight is 421 g/mol. The lowest BCUT2D eigenvalue weighted by molar-refractivity contribution is -0.114. The van der Waals surface area contributed by atoms with E-state index < -0.39 is 10.0 Å². The lowest BCUT2D eigenvalue weighted by Crippen LogP contribution is -2.40. The summed E-state index contributed by atoms with van der Waals surface area (Å²) >= 11 is 0. The normalized spacial score (nSPS) is 14.0. The Morgan fingerprint density at radius 1 is 0.967 bits per heavy atom. The Morgan fingerprint density at radius 3 is 2.50 bits per heavy atom. The predicted octanol–water partition coefficient (Wildman–Crippen LogP) is 4.68. The molecule has 0 aliphatic carbocycles. The molecule has 5 nitrogen and oxygen atoms in total. The van der Waals surface area contributed by atoms with Crippen molar-refractivity contribution in [1.29, 1.82) is 0 Å². The monoisotopic (exact) mass is 420 g/mol. The number of benzene rings is 3. The second-order valence-corrected chi connectivity index (χ2v) is 9.41. The third-order valence-corrected chi connectivity index (χ3v) is 7.26. The number of carbonyl (C=O) groups excluding carboxylic acids is 1. The summed E-state index contributed by atoms with van der Waals surface area (Å²) in [7, 11) is -3.85. The van der Waals surface area contributed by atoms with Crippen molar-refractivity contribution in [2.45, 2.75) is 32.1 Å². The summed E-state index contributed by atoms with van der Waals surface area (Å²) in [6.07, 6.45) is 0.843. The molecule has 1 N–H and O–H groups in total. The van der Waals surface area contributed by atoms with Crippen molar-refractivity contribution in [3.8, 4) is 11.1 Å². The molecule has 1 heterocycles. The molecule has 3 aromatic carbocycles. The molecule has 30 heavy (non-hydrogen) atoms. The lowest BCUT2D eigenvalue weighted by atomic mass is 9.99. The molecule has 0 saturated carbocycles. The van der Waals surface area contributed by atoms with Crippen LogP contribution in [-0.4, -0.2) is 20.9 Å². The molecular formula is C24H24N2O3S. The van der Waals surface area contributed by atoms with Crippen LogP contribution in [0.1, 0.15) is 23.6 Å². The van der Waals surface area contributed by atoms with Crippen molar-refractivity contribution in [2.24, 2.45) is 0 Å². The molecular weight excluding hydrogens is 396 g/mol. The molecule has 0 spiro atoms. The van der Waals surface area contributed by atoms with Crippen molar-refractivity contribution in [3.05, 3.63) is 77.4 Å². The number of aryl methyl sites for hydroxylation is 3. The van der Waals surface area contributed by atoms with Crippen LogP contribution in [0, 0.1) is 13.8 Å². The Hall–Kier alpha value is -3.12. The first kappa shape index (κ1) is 20.2. The lowest BCUT2D eigenvalue weighted by Gasteiger charge is -2.32. The minimum atomic E-state index is -3.85. The predicted molar refractivity (Wildman–Crippen MR) is 120 cm³/mol. The summed E-state index contributed by atoms with van der Waals surface area (Å²) in [6.45, 7) is 5.62. The smallest absolute Gasteiger partial charge is 0.265 e. The van der Waals surface area contributed by atoms with Crippen molar-refractivity contribution in [3.63, 3.8) is 0 Å². The van der Waals surface area contributed by atoms with E-state index in [1.165, 1.54) is 4.31 Å². The van der Waals surface area contributed by atoms with Crippen LogP contribution in [0.15, 0.2) is 65.6 Å². The van der Waals surface area contributed by atoms with E-state index in [1.54, 1.807) is 18.2 Å². The topological polar surface area (TPSA) is 66.5 Å². The summed E-state index contributed by atoms with van der Waals surface area (Å²) < 4.78 is 28.0. The van der Waals surface area contributed by atoms with E-state index in [0.29, 0.717) is 16.9 Å². The van der Waals surface area contributed by atoms with E-state index in [4.69, 9.17) is 0 Å². The van der Waals surface area contributed by atoms with Crippen molar-refractivity contribution in [2.75, 3.05) is 16.2 Å². The number of amides is 1. The second kappa shape index (κ2) is 7.61. The van der Waals surface area contributed by atoms with Gasteiger partial charge in [0.25, 0.3) is 10.0 Å². The molecule has 1 aliphatic rings. The van der Waals surface area contributed by atoms with Crippen LogP contribution in [0.4, 0.5) is 11.4 Å². The van der Waals surface area contributed by atoms with Gasteiger partial charge < -0.3 is 5.32 Å².